The Morgan fingerprint density at radius 2 is 1.80 bits per heavy atom. The van der Waals surface area contributed by atoms with E-state index in [9.17, 15) is 19.8 Å². The lowest BCUT2D eigenvalue weighted by molar-refractivity contribution is -0.130. The molecule has 1 aliphatic heterocycles. The summed E-state index contributed by atoms with van der Waals surface area (Å²) in [6.07, 6.45) is 0.149. The molecule has 3 rings (SSSR count). The summed E-state index contributed by atoms with van der Waals surface area (Å²) in [4.78, 5) is 27.0. The van der Waals surface area contributed by atoms with Crippen LogP contribution in [-0.2, 0) is 16.1 Å². The van der Waals surface area contributed by atoms with Gasteiger partial charge in [0, 0.05) is 13.0 Å². The van der Waals surface area contributed by atoms with E-state index in [1.165, 1.54) is 11.0 Å². The molecule has 2 aromatic carbocycles. The highest BCUT2D eigenvalue weighted by atomic mass is 16.5. The molecule has 0 saturated heterocycles. The zero-order valence-electron chi connectivity index (χ0n) is 17.2. The fourth-order valence-corrected chi connectivity index (χ4v) is 3.54. The molecule has 0 fully saturated rings. The lowest BCUT2D eigenvalue weighted by atomic mass is 9.94. The number of Topliss-reactive ketones (excluding diaryl/α,β-unsaturated/α-hetero) is 1. The smallest absolute Gasteiger partial charge is 0.290 e. The first kappa shape index (κ1) is 21.2. The van der Waals surface area contributed by atoms with Crippen LogP contribution in [-0.4, -0.2) is 40.5 Å². The van der Waals surface area contributed by atoms with Crippen molar-refractivity contribution in [2.45, 2.75) is 32.9 Å². The van der Waals surface area contributed by atoms with E-state index < -0.39 is 17.7 Å². The predicted octanol–water partition coefficient (Wildman–Crippen LogP) is 3.67. The summed E-state index contributed by atoms with van der Waals surface area (Å²) < 4.78 is 10.6. The molecule has 30 heavy (non-hydrogen) atoms. The molecule has 0 aromatic heterocycles. The highest BCUT2D eigenvalue weighted by molar-refractivity contribution is 6.08. The fraction of sp³-hybridized carbons (Fsp3) is 0.304. The van der Waals surface area contributed by atoms with Crippen LogP contribution in [0.5, 0.6) is 17.2 Å². The van der Waals surface area contributed by atoms with Gasteiger partial charge in [0.1, 0.15) is 5.75 Å². The molecule has 1 heterocycles. The highest BCUT2D eigenvalue weighted by Crippen LogP contribution is 2.41. The van der Waals surface area contributed by atoms with Crippen molar-refractivity contribution in [1.82, 2.24) is 4.90 Å². The zero-order valence-corrected chi connectivity index (χ0v) is 17.2. The summed E-state index contributed by atoms with van der Waals surface area (Å²) in [6.45, 7) is 4.00. The van der Waals surface area contributed by atoms with E-state index in [4.69, 9.17) is 9.47 Å². The Morgan fingerprint density at radius 1 is 1.10 bits per heavy atom. The molecule has 1 unspecified atom stereocenters. The number of ketones is 1. The number of phenolic OH excluding ortho intramolecular Hbond substituents is 1. The van der Waals surface area contributed by atoms with Crippen LogP contribution < -0.4 is 9.47 Å². The second kappa shape index (κ2) is 8.90. The number of ether oxygens (including phenoxy) is 2. The molecule has 2 aromatic rings. The molecular weight excluding hydrogens is 386 g/mol. The van der Waals surface area contributed by atoms with E-state index in [0.717, 1.165) is 5.56 Å². The summed E-state index contributed by atoms with van der Waals surface area (Å²) >= 11 is 0. The molecule has 0 aliphatic carbocycles. The van der Waals surface area contributed by atoms with Crippen molar-refractivity contribution in [3.8, 4) is 17.2 Å². The minimum Gasteiger partial charge on any atom is -0.504 e. The number of methoxy groups -OCH3 is 1. The summed E-state index contributed by atoms with van der Waals surface area (Å²) in [7, 11) is 1.57. The average Bonchev–Trinajstić information content (AvgIpc) is 3.00. The molecule has 0 radical (unpaired) electrons. The third-order valence-corrected chi connectivity index (χ3v) is 5.04. The minimum absolute atomic E-state index is 0.0387. The average molecular weight is 411 g/mol. The van der Waals surface area contributed by atoms with Gasteiger partial charge in [-0.25, -0.2) is 0 Å². The number of aliphatic hydroxyl groups excluding tert-OH is 1. The van der Waals surface area contributed by atoms with Crippen LogP contribution in [0.25, 0.3) is 0 Å². The Morgan fingerprint density at radius 3 is 2.40 bits per heavy atom. The van der Waals surface area contributed by atoms with Crippen LogP contribution in [0.2, 0.25) is 0 Å². The molecule has 0 saturated carbocycles. The van der Waals surface area contributed by atoms with Crippen molar-refractivity contribution in [2.24, 2.45) is 0 Å². The van der Waals surface area contributed by atoms with Gasteiger partial charge in [-0.2, -0.15) is 0 Å². The van der Waals surface area contributed by atoms with Crippen LogP contribution >= 0.6 is 0 Å². The second-order valence-electron chi connectivity index (χ2n) is 6.88. The Kier molecular flexibility index (Phi) is 6.30. The maximum atomic E-state index is 12.9. The third-order valence-electron chi connectivity index (χ3n) is 5.04. The first-order chi connectivity index (χ1) is 14.4. The number of hydrogen-bond acceptors (Lipinski definition) is 6. The minimum atomic E-state index is -0.785. The number of nitrogens with zero attached hydrogens (tertiary/aromatic N) is 1. The van der Waals surface area contributed by atoms with Crippen molar-refractivity contribution in [3.63, 3.8) is 0 Å². The Labute approximate surface area is 175 Å². The molecule has 0 bridgehead atoms. The van der Waals surface area contributed by atoms with Crippen LogP contribution in [0.4, 0.5) is 0 Å². The maximum absolute atomic E-state index is 12.9. The van der Waals surface area contributed by atoms with E-state index in [-0.39, 0.29) is 35.8 Å². The largest absolute Gasteiger partial charge is 0.504 e. The van der Waals surface area contributed by atoms with E-state index in [1.807, 2.05) is 12.1 Å². The molecule has 1 amide bonds. The summed E-state index contributed by atoms with van der Waals surface area (Å²) in [5, 5.41) is 20.6. The molecule has 158 valence electrons. The number of rotatable bonds is 8. The van der Waals surface area contributed by atoms with E-state index >= 15 is 0 Å². The van der Waals surface area contributed by atoms with Crippen LogP contribution in [0.15, 0.2) is 53.8 Å². The SMILES string of the molecule is CCOc1cc(C2C(C(=O)CC)=C(O)C(=O)N2Cc2ccc(OC)cc2)ccc1O. The van der Waals surface area contributed by atoms with Crippen molar-refractivity contribution < 1.29 is 29.3 Å². The van der Waals surface area contributed by atoms with Crippen molar-refractivity contribution in [2.75, 3.05) is 13.7 Å². The van der Waals surface area contributed by atoms with Gasteiger partial charge in [0.2, 0.25) is 0 Å². The number of carbonyl (C=O) groups excluding carboxylic acids is 2. The van der Waals surface area contributed by atoms with Crippen LogP contribution in [0.1, 0.15) is 37.4 Å². The third kappa shape index (κ3) is 3.96. The van der Waals surface area contributed by atoms with Gasteiger partial charge in [-0.3, -0.25) is 9.59 Å². The van der Waals surface area contributed by atoms with Crippen LogP contribution in [0.3, 0.4) is 0 Å². The Balaban J connectivity index is 2.05. The fourth-order valence-electron chi connectivity index (χ4n) is 3.54. The summed E-state index contributed by atoms with van der Waals surface area (Å²) in [5.41, 5.74) is 1.44. The summed E-state index contributed by atoms with van der Waals surface area (Å²) in [6, 6.07) is 11.1. The Hall–Kier alpha value is -3.48. The van der Waals surface area contributed by atoms with Crippen molar-refractivity contribution >= 4 is 11.7 Å². The molecule has 1 aliphatic rings. The number of aromatic hydroxyl groups is 1. The summed E-state index contributed by atoms with van der Waals surface area (Å²) in [5.74, 6) is -0.561. The number of phenols is 1. The maximum Gasteiger partial charge on any atom is 0.290 e. The molecule has 1 atom stereocenters. The molecule has 2 N–H and O–H groups in total. The lowest BCUT2D eigenvalue weighted by Crippen LogP contribution is -2.30. The molecular formula is C23H25NO6. The predicted molar refractivity (Wildman–Crippen MR) is 111 cm³/mol. The van der Waals surface area contributed by atoms with E-state index in [1.54, 1.807) is 45.2 Å². The first-order valence-corrected chi connectivity index (χ1v) is 9.77. The van der Waals surface area contributed by atoms with Gasteiger partial charge in [-0.1, -0.05) is 25.1 Å². The molecule has 0 spiro atoms. The van der Waals surface area contributed by atoms with Gasteiger partial charge in [0.15, 0.2) is 23.0 Å². The molecule has 7 nitrogen and oxygen atoms in total. The van der Waals surface area contributed by atoms with Gasteiger partial charge in [0.05, 0.1) is 25.3 Å². The monoisotopic (exact) mass is 411 g/mol. The number of hydrogen-bond donors (Lipinski definition) is 2. The molecule has 7 heteroatoms. The quantitative estimate of drug-likeness (QED) is 0.688. The second-order valence-corrected chi connectivity index (χ2v) is 6.88. The topological polar surface area (TPSA) is 96.3 Å². The normalized spacial score (nSPS) is 16.2. The number of amides is 1. The Bertz CT molecular complexity index is 980. The van der Waals surface area contributed by atoms with Crippen molar-refractivity contribution in [1.29, 1.82) is 0 Å². The van der Waals surface area contributed by atoms with E-state index in [0.29, 0.717) is 17.9 Å². The van der Waals surface area contributed by atoms with Gasteiger partial charge in [-0.15, -0.1) is 0 Å². The highest BCUT2D eigenvalue weighted by Gasteiger charge is 2.43. The van der Waals surface area contributed by atoms with Crippen molar-refractivity contribution in [3.05, 3.63) is 64.9 Å². The van der Waals surface area contributed by atoms with Gasteiger partial charge in [-0.05, 0) is 42.3 Å². The lowest BCUT2D eigenvalue weighted by Gasteiger charge is -2.27. The van der Waals surface area contributed by atoms with Gasteiger partial charge < -0.3 is 24.6 Å². The number of aliphatic hydroxyl groups is 1. The standard InChI is InChI=1S/C23H25NO6/c1-4-17(25)20-21(15-8-11-18(26)19(12-15)30-5-2)24(23(28)22(20)27)13-14-6-9-16(29-3)10-7-14/h6-12,21,26-27H,4-5,13H2,1-3H3. The van der Waals surface area contributed by atoms with Crippen LogP contribution in [0, 0.1) is 0 Å². The van der Waals surface area contributed by atoms with Gasteiger partial charge >= 0.3 is 0 Å². The number of carbonyl (C=O) groups is 2. The van der Waals surface area contributed by atoms with E-state index in [2.05, 4.69) is 0 Å². The first-order valence-electron chi connectivity index (χ1n) is 9.77. The number of benzene rings is 2. The zero-order chi connectivity index (χ0) is 21.8. The van der Waals surface area contributed by atoms with Gasteiger partial charge in [0.25, 0.3) is 5.91 Å².